The highest BCUT2D eigenvalue weighted by molar-refractivity contribution is 5.98. The van der Waals surface area contributed by atoms with Crippen LogP contribution in [-0.2, 0) is 6.54 Å². The molecule has 26 heavy (non-hydrogen) atoms. The predicted molar refractivity (Wildman–Crippen MR) is 92.6 cm³/mol. The molecular weight excluding hydrogens is 332 g/mol. The van der Waals surface area contributed by atoms with E-state index in [2.05, 4.69) is 6.07 Å². The molecule has 1 unspecified atom stereocenters. The summed E-state index contributed by atoms with van der Waals surface area (Å²) in [5, 5.41) is 20.0. The van der Waals surface area contributed by atoms with E-state index < -0.39 is 6.23 Å². The molecule has 0 spiro atoms. The maximum absolute atomic E-state index is 12.6. The first kappa shape index (κ1) is 16.2. The van der Waals surface area contributed by atoms with Gasteiger partial charge in [0.25, 0.3) is 5.91 Å². The van der Waals surface area contributed by atoms with Crippen LogP contribution in [-0.4, -0.2) is 29.1 Å². The number of ether oxygens (including phenoxy) is 2. The second-order valence-corrected chi connectivity index (χ2v) is 6.06. The topological polar surface area (TPSA) is 82.8 Å². The first-order valence-corrected chi connectivity index (χ1v) is 8.24. The van der Waals surface area contributed by atoms with Gasteiger partial charge in [0.15, 0.2) is 17.7 Å². The Balaban J connectivity index is 1.68. The van der Waals surface area contributed by atoms with Crippen LogP contribution in [0.4, 0.5) is 0 Å². The first-order valence-electron chi connectivity index (χ1n) is 8.24. The lowest BCUT2D eigenvalue weighted by atomic mass is 10.1. The largest absolute Gasteiger partial charge is 0.486 e. The molecule has 1 amide bonds. The number of aliphatic hydroxyl groups excluding tert-OH is 1. The number of amides is 1. The maximum atomic E-state index is 12.6. The van der Waals surface area contributed by atoms with Gasteiger partial charge in [-0.2, -0.15) is 5.26 Å². The minimum absolute atomic E-state index is 0.101. The summed E-state index contributed by atoms with van der Waals surface area (Å²) in [6.07, 6.45) is 2.66. The third-order valence-corrected chi connectivity index (χ3v) is 4.49. The molecule has 0 bridgehead atoms. The van der Waals surface area contributed by atoms with Crippen LogP contribution in [0.2, 0.25) is 0 Å². The molecule has 0 fully saturated rings. The molecule has 130 valence electrons. The van der Waals surface area contributed by atoms with E-state index in [-0.39, 0.29) is 12.5 Å². The Morgan fingerprint density at radius 3 is 2.54 bits per heavy atom. The standard InChI is InChI=1S/C20H16N2O4/c21-11-13-9-17-18(26-8-4-3-7-25-17)10-14(13)12-22-19(23)15-5-1-2-6-16(15)20(22)24/h1-6,9-10,19,23H,7-8,12H2/b4-3-. The van der Waals surface area contributed by atoms with Crippen LogP contribution >= 0.6 is 0 Å². The molecule has 0 saturated heterocycles. The zero-order chi connectivity index (χ0) is 18.1. The summed E-state index contributed by atoms with van der Waals surface area (Å²) in [5.41, 5.74) is 2.04. The van der Waals surface area contributed by atoms with E-state index in [1.54, 1.807) is 36.4 Å². The van der Waals surface area contributed by atoms with Crippen molar-refractivity contribution in [2.24, 2.45) is 0 Å². The highest BCUT2D eigenvalue weighted by atomic mass is 16.5. The molecule has 6 heteroatoms. The fourth-order valence-electron chi connectivity index (χ4n) is 3.17. The molecule has 6 nitrogen and oxygen atoms in total. The summed E-state index contributed by atoms with van der Waals surface area (Å²) in [5.74, 6) is 0.747. The van der Waals surface area contributed by atoms with Crippen LogP contribution in [0.5, 0.6) is 11.5 Å². The van der Waals surface area contributed by atoms with Gasteiger partial charge in [0, 0.05) is 17.2 Å². The quantitative estimate of drug-likeness (QED) is 0.843. The lowest BCUT2D eigenvalue weighted by Gasteiger charge is -2.23. The Kier molecular flexibility index (Phi) is 4.07. The number of nitriles is 1. The van der Waals surface area contributed by atoms with Crippen molar-refractivity contribution in [1.82, 2.24) is 4.90 Å². The number of hydrogen-bond donors (Lipinski definition) is 1. The van der Waals surface area contributed by atoms with Crippen molar-refractivity contribution in [2.45, 2.75) is 12.8 Å². The third kappa shape index (κ3) is 2.68. The number of carbonyl (C=O) groups is 1. The number of hydrogen-bond acceptors (Lipinski definition) is 5. The number of fused-ring (bicyclic) bond motifs is 2. The Morgan fingerprint density at radius 1 is 1.15 bits per heavy atom. The lowest BCUT2D eigenvalue weighted by molar-refractivity contribution is 0.0137. The van der Waals surface area contributed by atoms with Crippen molar-refractivity contribution >= 4 is 5.91 Å². The molecule has 2 heterocycles. The average Bonchev–Trinajstić information content (AvgIpc) is 2.88. The van der Waals surface area contributed by atoms with Crippen molar-refractivity contribution in [1.29, 1.82) is 5.26 Å². The van der Waals surface area contributed by atoms with Crippen LogP contribution in [0, 0.1) is 11.3 Å². The maximum Gasteiger partial charge on any atom is 0.256 e. The Bertz CT molecular complexity index is 945. The molecule has 2 aromatic carbocycles. The van der Waals surface area contributed by atoms with E-state index in [1.165, 1.54) is 4.90 Å². The zero-order valence-corrected chi connectivity index (χ0v) is 13.9. The third-order valence-electron chi connectivity index (χ3n) is 4.49. The molecule has 4 rings (SSSR count). The molecule has 0 radical (unpaired) electrons. The molecule has 0 aromatic heterocycles. The van der Waals surface area contributed by atoms with Gasteiger partial charge in [-0.1, -0.05) is 18.2 Å². The molecule has 1 N–H and O–H groups in total. The van der Waals surface area contributed by atoms with Gasteiger partial charge in [-0.3, -0.25) is 4.79 Å². The molecule has 2 aliphatic rings. The van der Waals surface area contributed by atoms with Crippen LogP contribution in [0.1, 0.15) is 33.3 Å². The van der Waals surface area contributed by atoms with Gasteiger partial charge in [-0.15, -0.1) is 0 Å². The van der Waals surface area contributed by atoms with Gasteiger partial charge < -0.3 is 19.5 Å². The molecule has 1 atom stereocenters. The van der Waals surface area contributed by atoms with E-state index in [0.717, 1.165) is 0 Å². The Hall–Kier alpha value is -3.30. The molecule has 0 aliphatic carbocycles. The molecular formula is C20H16N2O4. The SMILES string of the molecule is N#Cc1cc2c(cc1CN1C(=O)c3ccccc3C1O)OC/C=C\CO2. The first-order chi connectivity index (χ1) is 12.7. The Labute approximate surface area is 150 Å². The summed E-state index contributed by atoms with van der Waals surface area (Å²) >= 11 is 0. The fraction of sp³-hybridized carbons (Fsp3) is 0.200. The summed E-state index contributed by atoms with van der Waals surface area (Å²) < 4.78 is 11.3. The Morgan fingerprint density at radius 2 is 1.85 bits per heavy atom. The van der Waals surface area contributed by atoms with Gasteiger partial charge in [0.2, 0.25) is 0 Å². The highest BCUT2D eigenvalue weighted by Crippen LogP contribution is 2.36. The van der Waals surface area contributed by atoms with E-state index in [4.69, 9.17) is 9.47 Å². The van der Waals surface area contributed by atoms with Crippen LogP contribution in [0.15, 0.2) is 48.6 Å². The van der Waals surface area contributed by atoms with Crippen LogP contribution < -0.4 is 9.47 Å². The van der Waals surface area contributed by atoms with Crippen molar-refractivity contribution in [3.05, 3.63) is 70.8 Å². The minimum Gasteiger partial charge on any atom is -0.486 e. The monoisotopic (exact) mass is 348 g/mol. The zero-order valence-electron chi connectivity index (χ0n) is 13.9. The number of benzene rings is 2. The number of aliphatic hydroxyl groups is 1. The van der Waals surface area contributed by atoms with Crippen LogP contribution in [0.25, 0.3) is 0 Å². The summed E-state index contributed by atoms with van der Waals surface area (Å²) in [4.78, 5) is 14.0. The number of rotatable bonds is 2. The smallest absolute Gasteiger partial charge is 0.256 e. The second kappa shape index (κ2) is 6.54. The second-order valence-electron chi connectivity index (χ2n) is 6.06. The molecule has 2 aliphatic heterocycles. The van der Waals surface area contributed by atoms with Crippen molar-refractivity contribution in [3.8, 4) is 17.6 Å². The average molecular weight is 348 g/mol. The van der Waals surface area contributed by atoms with Gasteiger partial charge >= 0.3 is 0 Å². The van der Waals surface area contributed by atoms with Crippen molar-refractivity contribution in [3.63, 3.8) is 0 Å². The van der Waals surface area contributed by atoms with Crippen LogP contribution in [0.3, 0.4) is 0 Å². The highest BCUT2D eigenvalue weighted by Gasteiger charge is 2.35. The van der Waals surface area contributed by atoms with E-state index in [0.29, 0.717) is 47.0 Å². The number of nitrogens with zero attached hydrogens (tertiary/aromatic N) is 2. The van der Waals surface area contributed by atoms with E-state index >= 15 is 0 Å². The van der Waals surface area contributed by atoms with Crippen molar-refractivity contribution < 1.29 is 19.4 Å². The summed E-state index contributed by atoms with van der Waals surface area (Å²) in [6.45, 7) is 0.904. The lowest BCUT2D eigenvalue weighted by Crippen LogP contribution is -2.27. The molecule has 0 saturated carbocycles. The predicted octanol–water partition coefficient (Wildman–Crippen LogP) is 2.53. The summed E-state index contributed by atoms with van der Waals surface area (Å²) in [6, 6.07) is 12.4. The van der Waals surface area contributed by atoms with E-state index in [9.17, 15) is 15.2 Å². The van der Waals surface area contributed by atoms with Gasteiger partial charge in [-0.25, -0.2) is 0 Å². The van der Waals surface area contributed by atoms with Gasteiger partial charge in [0.05, 0.1) is 18.2 Å². The minimum atomic E-state index is -1.03. The van der Waals surface area contributed by atoms with Gasteiger partial charge in [0.1, 0.15) is 13.2 Å². The van der Waals surface area contributed by atoms with E-state index in [1.807, 2.05) is 12.2 Å². The normalized spacial score (nSPS) is 19.3. The fourth-order valence-corrected chi connectivity index (χ4v) is 3.17. The summed E-state index contributed by atoms with van der Waals surface area (Å²) in [7, 11) is 0. The molecule has 2 aromatic rings. The number of carbonyl (C=O) groups excluding carboxylic acids is 1. The van der Waals surface area contributed by atoms with Gasteiger partial charge in [-0.05, 0) is 29.8 Å². The van der Waals surface area contributed by atoms with Crippen molar-refractivity contribution in [2.75, 3.05) is 13.2 Å².